The van der Waals surface area contributed by atoms with Crippen molar-refractivity contribution in [3.05, 3.63) is 77.2 Å². The van der Waals surface area contributed by atoms with Crippen molar-refractivity contribution in [2.75, 3.05) is 7.11 Å². The number of ether oxygens (including phenoxy) is 2. The molecule has 1 N–H and O–H groups in total. The Morgan fingerprint density at radius 3 is 2.35 bits per heavy atom. The highest BCUT2D eigenvalue weighted by molar-refractivity contribution is 5.98. The molecule has 1 aliphatic rings. The highest BCUT2D eigenvalue weighted by atomic mass is 19.1. The van der Waals surface area contributed by atoms with Crippen LogP contribution in [0.3, 0.4) is 0 Å². The van der Waals surface area contributed by atoms with Gasteiger partial charge in [-0.2, -0.15) is 0 Å². The Bertz CT molecular complexity index is 1110. The van der Waals surface area contributed by atoms with E-state index in [-0.39, 0.29) is 30.3 Å². The van der Waals surface area contributed by atoms with E-state index >= 15 is 0 Å². The second-order valence-electron chi connectivity index (χ2n) is 8.78. The SMILES string of the molecule is COc1ccc(-c2cc(C(=O)NC3CCCCCC3)c(OCc3ccc(F)cc3)nc2C)cc1. The first kappa shape index (κ1) is 23.7. The lowest BCUT2D eigenvalue weighted by molar-refractivity contribution is 0.0927. The molecule has 0 spiro atoms. The lowest BCUT2D eigenvalue weighted by Gasteiger charge is -2.19. The summed E-state index contributed by atoms with van der Waals surface area (Å²) in [4.78, 5) is 18.1. The van der Waals surface area contributed by atoms with Crippen LogP contribution in [0.4, 0.5) is 4.39 Å². The first-order chi connectivity index (χ1) is 16.5. The van der Waals surface area contributed by atoms with Gasteiger partial charge in [-0.3, -0.25) is 4.79 Å². The molecular formula is C28H31FN2O3. The molecule has 1 saturated carbocycles. The Morgan fingerprint density at radius 2 is 1.71 bits per heavy atom. The monoisotopic (exact) mass is 462 g/mol. The van der Waals surface area contributed by atoms with E-state index < -0.39 is 0 Å². The van der Waals surface area contributed by atoms with Crippen molar-refractivity contribution in [1.82, 2.24) is 10.3 Å². The zero-order chi connectivity index (χ0) is 23.9. The van der Waals surface area contributed by atoms with Gasteiger partial charge < -0.3 is 14.8 Å². The highest BCUT2D eigenvalue weighted by Gasteiger charge is 2.22. The molecule has 3 aromatic rings. The quantitative estimate of drug-likeness (QED) is 0.423. The molecule has 0 bridgehead atoms. The second-order valence-corrected chi connectivity index (χ2v) is 8.78. The number of carbonyl (C=O) groups is 1. The van der Waals surface area contributed by atoms with Crippen molar-refractivity contribution in [1.29, 1.82) is 0 Å². The van der Waals surface area contributed by atoms with E-state index in [9.17, 15) is 9.18 Å². The molecule has 0 aliphatic heterocycles. The third kappa shape index (κ3) is 5.93. The lowest BCUT2D eigenvalue weighted by Crippen LogP contribution is -2.34. The average Bonchev–Trinajstić information content (AvgIpc) is 3.12. The number of carbonyl (C=O) groups excluding carboxylic acids is 1. The van der Waals surface area contributed by atoms with Gasteiger partial charge in [0.05, 0.1) is 7.11 Å². The Morgan fingerprint density at radius 1 is 1.03 bits per heavy atom. The molecule has 6 heteroatoms. The van der Waals surface area contributed by atoms with Crippen LogP contribution < -0.4 is 14.8 Å². The number of nitrogens with one attached hydrogen (secondary N) is 1. The van der Waals surface area contributed by atoms with Crippen molar-refractivity contribution in [2.24, 2.45) is 0 Å². The number of benzene rings is 2. The summed E-state index contributed by atoms with van der Waals surface area (Å²) in [5.41, 5.74) is 3.77. The minimum atomic E-state index is -0.301. The summed E-state index contributed by atoms with van der Waals surface area (Å²) in [6.45, 7) is 2.09. The predicted molar refractivity (Wildman–Crippen MR) is 131 cm³/mol. The lowest BCUT2D eigenvalue weighted by atomic mass is 10.0. The third-order valence-electron chi connectivity index (χ3n) is 6.30. The number of pyridine rings is 1. The van der Waals surface area contributed by atoms with E-state index in [0.29, 0.717) is 5.56 Å². The molecular weight excluding hydrogens is 431 g/mol. The fraction of sp³-hybridized carbons (Fsp3) is 0.357. The minimum absolute atomic E-state index is 0.158. The van der Waals surface area contributed by atoms with Gasteiger partial charge in [0.25, 0.3) is 5.91 Å². The van der Waals surface area contributed by atoms with E-state index in [2.05, 4.69) is 10.3 Å². The molecule has 1 aromatic heterocycles. The van der Waals surface area contributed by atoms with Crippen LogP contribution in [-0.2, 0) is 6.61 Å². The average molecular weight is 463 g/mol. The fourth-order valence-electron chi connectivity index (χ4n) is 4.34. The topological polar surface area (TPSA) is 60.5 Å². The number of hydrogen-bond donors (Lipinski definition) is 1. The molecule has 1 heterocycles. The summed E-state index contributed by atoms with van der Waals surface area (Å²) in [5.74, 6) is 0.568. The van der Waals surface area contributed by atoms with Gasteiger partial charge in [-0.25, -0.2) is 9.37 Å². The van der Waals surface area contributed by atoms with Gasteiger partial charge in [-0.15, -0.1) is 0 Å². The number of amides is 1. The third-order valence-corrected chi connectivity index (χ3v) is 6.30. The maximum atomic E-state index is 13.4. The molecule has 1 amide bonds. The molecule has 178 valence electrons. The van der Waals surface area contributed by atoms with Gasteiger partial charge >= 0.3 is 0 Å². The number of aromatic nitrogens is 1. The molecule has 1 fully saturated rings. The zero-order valence-corrected chi connectivity index (χ0v) is 19.8. The number of aryl methyl sites for hydroxylation is 1. The standard InChI is InChI=1S/C28H31FN2O3/c1-19-25(21-11-15-24(33-2)16-12-21)17-26(27(32)31-23-7-5-3-4-6-8-23)28(30-19)34-18-20-9-13-22(29)14-10-20/h9-17,23H,3-8,18H2,1-2H3,(H,31,32). The smallest absolute Gasteiger partial charge is 0.257 e. The van der Waals surface area contributed by atoms with Crippen molar-refractivity contribution in [3.8, 4) is 22.8 Å². The van der Waals surface area contributed by atoms with E-state index in [4.69, 9.17) is 9.47 Å². The van der Waals surface area contributed by atoms with Crippen LogP contribution in [0, 0.1) is 12.7 Å². The van der Waals surface area contributed by atoms with Gasteiger partial charge in [-0.1, -0.05) is 49.9 Å². The molecule has 5 nitrogen and oxygen atoms in total. The molecule has 0 unspecified atom stereocenters. The largest absolute Gasteiger partial charge is 0.497 e. The van der Waals surface area contributed by atoms with Crippen LogP contribution in [0.25, 0.3) is 11.1 Å². The Kier molecular flexibility index (Phi) is 7.78. The van der Waals surface area contributed by atoms with Crippen LogP contribution >= 0.6 is 0 Å². The summed E-state index contributed by atoms with van der Waals surface area (Å²) < 4.78 is 24.5. The van der Waals surface area contributed by atoms with Crippen LogP contribution in [0.15, 0.2) is 54.6 Å². The number of methoxy groups -OCH3 is 1. The molecule has 0 radical (unpaired) electrons. The van der Waals surface area contributed by atoms with Crippen LogP contribution in [0.5, 0.6) is 11.6 Å². The van der Waals surface area contributed by atoms with Crippen LogP contribution in [-0.4, -0.2) is 24.0 Å². The van der Waals surface area contributed by atoms with Crippen molar-refractivity contribution < 1.29 is 18.7 Å². The molecule has 0 saturated heterocycles. The minimum Gasteiger partial charge on any atom is -0.497 e. The summed E-state index contributed by atoms with van der Waals surface area (Å²) in [5, 5.41) is 3.21. The van der Waals surface area contributed by atoms with E-state index in [0.717, 1.165) is 53.8 Å². The van der Waals surface area contributed by atoms with E-state index in [1.54, 1.807) is 19.2 Å². The van der Waals surface area contributed by atoms with Gasteiger partial charge in [0, 0.05) is 17.3 Å². The number of halogens is 1. The predicted octanol–water partition coefficient (Wildman–Crippen LogP) is 6.24. The molecule has 1 aliphatic carbocycles. The molecule has 34 heavy (non-hydrogen) atoms. The summed E-state index contributed by atoms with van der Waals surface area (Å²) >= 11 is 0. The normalized spacial score (nSPS) is 14.3. The first-order valence-corrected chi connectivity index (χ1v) is 11.9. The Hall–Kier alpha value is -3.41. The van der Waals surface area contributed by atoms with Gasteiger partial charge in [0.2, 0.25) is 5.88 Å². The summed E-state index contributed by atoms with van der Waals surface area (Å²) in [6.07, 6.45) is 6.66. The zero-order valence-electron chi connectivity index (χ0n) is 19.8. The highest BCUT2D eigenvalue weighted by Crippen LogP contribution is 2.30. The summed E-state index contributed by atoms with van der Waals surface area (Å²) in [7, 11) is 1.63. The van der Waals surface area contributed by atoms with Crippen molar-refractivity contribution in [2.45, 2.75) is 58.1 Å². The fourth-order valence-corrected chi connectivity index (χ4v) is 4.34. The molecule has 2 aromatic carbocycles. The first-order valence-electron chi connectivity index (χ1n) is 11.9. The maximum absolute atomic E-state index is 13.4. The number of rotatable bonds is 7. The van der Waals surface area contributed by atoms with Crippen LogP contribution in [0.1, 0.15) is 60.1 Å². The summed E-state index contributed by atoms with van der Waals surface area (Å²) in [6, 6.07) is 15.8. The van der Waals surface area contributed by atoms with E-state index in [1.807, 2.05) is 37.3 Å². The molecule has 4 rings (SSSR count). The Balaban J connectivity index is 1.64. The van der Waals surface area contributed by atoms with Gasteiger partial charge in [0.15, 0.2) is 0 Å². The van der Waals surface area contributed by atoms with E-state index in [1.165, 1.54) is 25.0 Å². The number of hydrogen-bond acceptors (Lipinski definition) is 4. The molecule has 0 atom stereocenters. The van der Waals surface area contributed by atoms with Crippen molar-refractivity contribution >= 4 is 5.91 Å². The van der Waals surface area contributed by atoms with Crippen molar-refractivity contribution in [3.63, 3.8) is 0 Å². The number of nitrogens with zero attached hydrogens (tertiary/aromatic N) is 1. The maximum Gasteiger partial charge on any atom is 0.257 e. The van der Waals surface area contributed by atoms with Crippen LogP contribution in [0.2, 0.25) is 0 Å². The van der Waals surface area contributed by atoms with Gasteiger partial charge in [0.1, 0.15) is 23.7 Å². The second kappa shape index (κ2) is 11.1. The van der Waals surface area contributed by atoms with Gasteiger partial charge in [-0.05, 0) is 61.2 Å². The Labute approximate surface area is 200 Å².